The van der Waals surface area contributed by atoms with Crippen LogP contribution < -0.4 is 15.5 Å². The fourth-order valence-corrected chi connectivity index (χ4v) is 2.33. The second-order valence-electron chi connectivity index (χ2n) is 5.15. The van der Waals surface area contributed by atoms with E-state index in [1.165, 1.54) is 11.1 Å². The third kappa shape index (κ3) is 3.79. The van der Waals surface area contributed by atoms with Crippen molar-refractivity contribution in [2.45, 2.75) is 20.5 Å². The molecule has 4 nitrogen and oxygen atoms in total. The zero-order chi connectivity index (χ0) is 15.9. The lowest BCUT2D eigenvalue weighted by Crippen LogP contribution is -2.04. The van der Waals surface area contributed by atoms with Crippen molar-refractivity contribution in [1.82, 2.24) is 5.43 Å². The fourth-order valence-electron chi connectivity index (χ4n) is 2.33. The Morgan fingerprint density at radius 1 is 1.09 bits per heavy atom. The Morgan fingerprint density at radius 2 is 1.91 bits per heavy atom. The van der Waals surface area contributed by atoms with Crippen LogP contribution in [0.1, 0.15) is 22.3 Å². The van der Waals surface area contributed by atoms with Crippen molar-refractivity contribution in [1.29, 1.82) is 0 Å². The molecule has 0 spiro atoms. The molecule has 0 amide bonds. The molecule has 0 unspecified atom stereocenters. The lowest BCUT2D eigenvalue weighted by molar-refractivity contribution is 0.304. The summed E-state index contributed by atoms with van der Waals surface area (Å²) in [5.41, 5.74) is 8.41. The quantitative estimate of drug-likeness (QED) is 0.634. The van der Waals surface area contributed by atoms with Crippen LogP contribution in [0.5, 0.6) is 5.75 Å². The van der Waals surface area contributed by atoms with E-state index < -0.39 is 0 Å². The maximum atomic E-state index is 6.01. The van der Waals surface area contributed by atoms with E-state index in [1.54, 1.807) is 13.3 Å². The lowest BCUT2D eigenvalue weighted by Gasteiger charge is -2.15. The summed E-state index contributed by atoms with van der Waals surface area (Å²) >= 11 is 0. The van der Waals surface area contributed by atoms with Gasteiger partial charge in [0, 0.05) is 25.3 Å². The molecule has 0 aliphatic heterocycles. The molecule has 2 N–H and O–H groups in total. The minimum absolute atomic E-state index is 0.549. The van der Waals surface area contributed by atoms with Crippen LogP contribution >= 0.6 is 0 Å². The van der Waals surface area contributed by atoms with E-state index in [2.05, 4.69) is 41.0 Å². The fraction of sp³-hybridized carbons (Fsp3) is 0.278. The van der Waals surface area contributed by atoms with E-state index in [-0.39, 0.29) is 0 Å². The molecule has 0 atom stereocenters. The van der Waals surface area contributed by atoms with Gasteiger partial charge in [0.15, 0.2) is 0 Å². The number of nitrogens with zero attached hydrogens (tertiary/aromatic N) is 1. The van der Waals surface area contributed by atoms with Gasteiger partial charge in [0.25, 0.3) is 0 Å². The minimum atomic E-state index is 0.549. The third-order valence-corrected chi connectivity index (χ3v) is 3.59. The maximum absolute atomic E-state index is 6.01. The normalized spacial score (nSPS) is 10.7. The van der Waals surface area contributed by atoms with Crippen LogP contribution in [0.2, 0.25) is 0 Å². The van der Waals surface area contributed by atoms with Crippen molar-refractivity contribution in [3.8, 4) is 5.75 Å². The average Bonchev–Trinajstić information content (AvgIpc) is 2.52. The van der Waals surface area contributed by atoms with E-state index in [9.17, 15) is 0 Å². The molecule has 0 aliphatic carbocycles. The highest BCUT2D eigenvalue weighted by Gasteiger charge is 2.07. The summed E-state index contributed by atoms with van der Waals surface area (Å²) in [7, 11) is 3.71. The molecule has 0 heterocycles. The lowest BCUT2D eigenvalue weighted by atomic mass is 10.1. The van der Waals surface area contributed by atoms with Gasteiger partial charge in [-0.15, -0.1) is 0 Å². The maximum Gasteiger partial charge on any atom is 0.122 e. The summed E-state index contributed by atoms with van der Waals surface area (Å²) in [6.45, 7) is 4.69. The summed E-state index contributed by atoms with van der Waals surface area (Å²) in [4.78, 5) is 0. The number of hydrazone groups is 1. The molecule has 2 rings (SSSR count). The first-order chi connectivity index (χ1) is 10.7. The molecule has 0 aromatic heterocycles. The highest BCUT2D eigenvalue weighted by atomic mass is 16.5. The highest BCUT2D eigenvalue weighted by Crippen LogP contribution is 2.24. The predicted molar refractivity (Wildman–Crippen MR) is 92.9 cm³/mol. The van der Waals surface area contributed by atoms with Gasteiger partial charge in [0.2, 0.25) is 0 Å². The van der Waals surface area contributed by atoms with E-state index in [4.69, 9.17) is 4.74 Å². The zero-order valence-corrected chi connectivity index (χ0v) is 13.6. The van der Waals surface area contributed by atoms with E-state index >= 15 is 0 Å². The second-order valence-corrected chi connectivity index (χ2v) is 5.15. The Labute approximate surface area is 132 Å². The monoisotopic (exact) mass is 297 g/mol. The molecular weight excluding hydrogens is 274 g/mol. The smallest absolute Gasteiger partial charge is 0.122 e. The number of aryl methyl sites for hydroxylation is 2. The minimum Gasteiger partial charge on any atom is -0.489 e. The SMILES string of the molecule is CNN=Cc1ccc(OCc2c(C)cccc2NC)c(C)c1. The number of ether oxygens (including phenoxy) is 1. The molecular formula is C18H23N3O. The summed E-state index contributed by atoms with van der Waals surface area (Å²) in [5.74, 6) is 0.895. The van der Waals surface area contributed by atoms with Crippen molar-refractivity contribution in [3.05, 3.63) is 58.7 Å². The van der Waals surface area contributed by atoms with E-state index in [0.29, 0.717) is 6.61 Å². The van der Waals surface area contributed by atoms with Gasteiger partial charge in [-0.2, -0.15) is 5.10 Å². The molecule has 0 fully saturated rings. The Morgan fingerprint density at radius 3 is 2.59 bits per heavy atom. The summed E-state index contributed by atoms with van der Waals surface area (Å²) in [5, 5.41) is 7.23. The largest absolute Gasteiger partial charge is 0.489 e. The van der Waals surface area contributed by atoms with E-state index in [0.717, 1.165) is 22.6 Å². The van der Waals surface area contributed by atoms with Crippen LogP contribution in [0.3, 0.4) is 0 Å². The van der Waals surface area contributed by atoms with Gasteiger partial charge in [-0.25, -0.2) is 0 Å². The first-order valence-corrected chi connectivity index (χ1v) is 7.35. The molecule has 0 bridgehead atoms. The number of hydrogen-bond acceptors (Lipinski definition) is 4. The van der Waals surface area contributed by atoms with Crippen molar-refractivity contribution < 1.29 is 4.74 Å². The summed E-state index contributed by atoms with van der Waals surface area (Å²) in [6.07, 6.45) is 1.79. The topological polar surface area (TPSA) is 45.7 Å². The number of anilines is 1. The second kappa shape index (κ2) is 7.50. The van der Waals surface area contributed by atoms with Crippen LogP contribution in [-0.4, -0.2) is 20.3 Å². The van der Waals surface area contributed by atoms with Crippen molar-refractivity contribution in [2.24, 2.45) is 5.10 Å². The molecule has 0 radical (unpaired) electrons. The highest BCUT2D eigenvalue weighted by molar-refractivity contribution is 5.80. The third-order valence-electron chi connectivity index (χ3n) is 3.59. The van der Waals surface area contributed by atoms with Gasteiger partial charge in [0.05, 0.1) is 6.21 Å². The number of hydrogen-bond donors (Lipinski definition) is 2. The summed E-state index contributed by atoms with van der Waals surface area (Å²) in [6, 6.07) is 12.3. The zero-order valence-electron chi connectivity index (χ0n) is 13.6. The van der Waals surface area contributed by atoms with Crippen molar-refractivity contribution in [3.63, 3.8) is 0 Å². The van der Waals surface area contributed by atoms with Gasteiger partial charge < -0.3 is 15.5 Å². The van der Waals surface area contributed by atoms with Gasteiger partial charge in [-0.3, -0.25) is 0 Å². The van der Waals surface area contributed by atoms with Crippen molar-refractivity contribution >= 4 is 11.9 Å². The Balaban J connectivity index is 2.14. The summed E-state index contributed by atoms with van der Waals surface area (Å²) < 4.78 is 6.01. The van der Waals surface area contributed by atoms with Gasteiger partial charge >= 0.3 is 0 Å². The molecule has 0 aliphatic rings. The first kappa shape index (κ1) is 15.9. The predicted octanol–water partition coefficient (Wildman–Crippen LogP) is 3.48. The molecule has 0 saturated heterocycles. The number of nitrogens with one attached hydrogen (secondary N) is 2. The Bertz CT molecular complexity index is 665. The van der Waals surface area contributed by atoms with Crippen molar-refractivity contribution in [2.75, 3.05) is 19.4 Å². The van der Waals surface area contributed by atoms with Crippen LogP contribution in [0.15, 0.2) is 41.5 Å². The van der Waals surface area contributed by atoms with E-state index in [1.807, 2.05) is 32.2 Å². The molecule has 2 aromatic rings. The molecule has 4 heteroatoms. The number of benzene rings is 2. The van der Waals surface area contributed by atoms with Crippen LogP contribution in [-0.2, 0) is 6.61 Å². The Hall–Kier alpha value is -2.49. The van der Waals surface area contributed by atoms with Crippen LogP contribution in [0.4, 0.5) is 5.69 Å². The van der Waals surface area contributed by atoms with Gasteiger partial charge in [0.1, 0.15) is 12.4 Å². The van der Waals surface area contributed by atoms with Gasteiger partial charge in [-0.1, -0.05) is 12.1 Å². The molecule has 22 heavy (non-hydrogen) atoms. The standard InChI is InChI=1S/C18H23N3O/c1-13-6-5-7-17(19-3)16(13)12-22-18-9-8-15(10-14(18)2)11-21-20-4/h5-11,19-20H,12H2,1-4H3. The van der Waals surface area contributed by atoms with Crippen LogP contribution in [0.25, 0.3) is 0 Å². The Kier molecular flexibility index (Phi) is 5.42. The average molecular weight is 297 g/mol. The van der Waals surface area contributed by atoms with Gasteiger partial charge in [-0.05, 0) is 54.8 Å². The van der Waals surface area contributed by atoms with Crippen LogP contribution in [0, 0.1) is 13.8 Å². The molecule has 0 saturated carbocycles. The molecule has 2 aromatic carbocycles. The first-order valence-electron chi connectivity index (χ1n) is 7.35. The molecule has 116 valence electrons. The number of rotatable bonds is 6.